The van der Waals surface area contributed by atoms with Gasteiger partial charge in [-0.05, 0) is 87.2 Å². The van der Waals surface area contributed by atoms with Crippen LogP contribution in [0.25, 0.3) is 0 Å². The van der Waals surface area contributed by atoms with E-state index in [2.05, 4.69) is 73.4 Å². The summed E-state index contributed by atoms with van der Waals surface area (Å²) in [4.78, 5) is 30.8. The van der Waals surface area contributed by atoms with Crippen molar-refractivity contribution in [2.75, 3.05) is 7.11 Å². The van der Waals surface area contributed by atoms with Gasteiger partial charge in [-0.25, -0.2) is 0 Å². The molecular formula is C38H39ClINO4. The maximum absolute atomic E-state index is 14.2. The minimum Gasteiger partial charge on any atom is -0.493 e. The summed E-state index contributed by atoms with van der Waals surface area (Å²) in [6, 6.07) is 22.0. The lowest BCUT2D eigenvalue weighted by molar-refractivity contribution is -0.119. The number of carbonyl (C=O) groups is 2. The SMILES string of the molecule is COc1cc(C2C3=C(CC(C)(C)CC3=O)N(Cc3ccccc3)C3=C2C(=O)CC(C)(C)C3)cc(I)c1OCc1cccc(Cl)c1. The molecule has 2 aliphatic carbocycles. The molecule has 3 aromatic rings. The first-order valence-electron chi connectivity index (χ1n) is 15.4. The summed E-state index contributed by atoms with van der Waals surface area (Å²) < 4.78 is 13.0. The Morgan fingerprint density at radius 1 is 0.822 bits per heavy atom. The molecule has 0 N–H and O–H groups in total. The fourth-order valence-corrected chi connectivity index (χ4v) is 8.16. The van der Waals surface area contributed by atoms with Crippen LogP contribution in [0.15, 0.2) is 89.3 Å². The highest BCUT2D eigenvalue weighted by atomic mass is 127. The molecule has 6 rings (SSSR count). The van der Waals surface area contributed by atoms with Crippen LogP contribution >= 0.6 is 34.2 Å². The fourth-order valence-electron chi connectivity index (χ4n) is 7.17. The maximum Gasteiger partial charge on any atom is 0.174 e. The Hall–Kier alpha value is -3.10. The van der Waals surface area contributed by atoms with E-state index in [1.54, 1.807) is 7.11 Å². The molecule has 0 saturated heterocycles. The Bertz CT molecular complexity index is 1690. The van der Waals surface area contributed by atoms with Crippen molar-refractivity contribution in [2.24, 2.45) is 10.8 Å². The van der Waals surface area contributed by atoms with Gasteiger partial charge < -0.3 is 14.4 Å². The number of rotatable bonds is 7. The quantitative estimate of drug-likeness (QED) is 0.227. The van der Waals surface area contributed by atoms with Crippen LogP contribution < -0.4 is 9.47 Å². The molecule has 234 valence electrons. The Morgan fingerprint density at radius 3 is 2.00 bits per heavy atom. The number of allylic oxidation sites excluding steroid dienone is 4. The lowest BCUT2D eigenvalue weighted by Crippen LogP contribution is -2.44. The third kappa shape index (κ3) is 6.46. The van der Waals surface area contributed by atoms with Crippen LogP contribution in [-0.4, -0.2) is 23.6 Å². The largest absolute Gasteiger partial charge is 0.493 e. The smallest absolute Gasteiger partial charge is 0.174 e. The molecule has 45 heavy (non-hydrogen) atoms. The summed E-state index contributed by atoms with van der Waals surface area (Å²) in [6.07, 6.45) is 2.41. The number of hydrogen-bond acceptors (Lipinski definition) is 5. The Morgan fingerprint density at radius 2 is 1.42 bits per heavy atom. The maximum atomic E-state index is 14.2. The van der Waals surface area contributed by atoms with Gasteiger partial charge in [0.05, 0.1) is 10.7 Å². The summed E-state index contributed by atoms with van der Waals surface area (Å²) in [5, 5.41) is 0.653. The number of halogens is 2. The molecule has 0 fully saturated rings. The molecule has 0 aromatic heterocycles. The molecule has 0 atom stereocenters. The van der Waals surface area contributed by atoms with Gasteiger partial charge in [0.2, 0.25) is 0 Å². The van der Waals surface area contributed by atoms with Gasteiger partial charge in [-0.2, -0.15) is 0 Å². The zero-order chi connectivity index (χ0) is 32.1. The lowest BCUT2D eigenvalue weighted by atomic mass is 9.63. The van der Waals surface area contributed by atoms with Gasteiger partial charge in [-0.15, -0.1) is 0 Å². The number of Topliss-reactive ketones (excluding diaryl/α,β-unsaturated/α-hetero) is 2. The first-order valence-corrected chi connectivity index (χ1v) is 16.9. The van der Waals surface area contributed by atoms with E-state index in [4.69, 9.17) is 21.1 Å². The van der Waals surface area contributed by atoms with Gasteiger partial charge in [0.15, 0.2) is 23.1 Å². The molecule has 0 bridgehead atoms. The molecule has 0 spiro atoms. The minimum absolute atomic E-state index is 0.115. The van der Waals surface area contributed by atoms with Crippen LogP contribution in [0.3, 0.4) is 0 Å². The highest BCUT2D eigenvalue weighted by Gasteiger charge is 2.49. The summed E-state index contributed by atoms with van der Waals surface area (Å²) in [7, 11) is 1.63. The van der Waals surface area contributed by atoms with Crippen molar-refractivity contribution < 1.29 is 19.1 Å². The Balaban J connectivity index is 1.50. The second kappa shape index (κ2) is 12.3. The molecular weight excluding hydrogens is 697 g/mol. The third-order valence-electron chi connectivity index (χ3n) is 9.06. The van der Waals surface area contributed by atoms with Crippen LogP contribution in [0, 0.1) is 14.4 Å². The van der Waals surface area contributed by atoms with Gasteiger partial charge >= 0.3 is 0 Å². The van der Waals surface area contributed by atoms with Crippen molar-refractivity contribution in [1.29, 1.82) is 0 Å². The van der Waals surface area contributed by atoms with Gasteiger partial charge in [-0.1, -0.05) is 81.8 Å². The summed E-state index contributed by atoms with van der Waals surface area (Å²) >= 11 is 8.47. The van der Waals surface area contributed by atoms with Crippen LogP contribution in [0.4, 0.5) is 0 Å². The molecule has 0 amide bonds. The highest BCUT2D eigenvalue weighted by molar-refractivity contribution is 14.1. The molecule has 0 radical (unpaired) electrons. The number of carbonyl (C=O) groups excluding carboxylic acids is 2. The van der Waals surface area contributed by atoms with Crippen molar-refractivity contribution >= 4 is 45.8 Å². The van der Waals surface area contributed by atoms with E-state index in [9.17, 15) is 9.59 Å². The van der Waals surface area contributed by atoms with Crippen LogP contribution in [-0.2, 0) is 22.7 Å². The zero-order valence-electron chi connectivity index (χ0n) is 26.5. The van der Waals surface area contributed by atoms with Gasteiger partial charge in [-0.3, -0.25) is 9.59 Å². The van der Waals surface area contributed by atoms with E-state index in [1.165, 1.54) is 0 Å². The predicted octanol–water partition coefficient (Wildman–Crippen LogP) is 9.42. The minimum atomic E-state index is -0.460. The van der Waals surface area contributed by atoms with E-state index < -0.39 is 5.92 Å². The van der Waals surface area contributed by atoms with Crippen molar-refractivity contribution in [3.05, 3.63) is 115 Å². The van der Waals surface area contributed by atoms with Gasteiger partial charge in [0, 0.05) is 52.9 Å². The second-order valence-electron chi connectivity index (χ2n) is 14.1. The number of benzene rings is 3. The molecule has 0 unspecified atom stereocenters. The van der Waals surface area contributed by atoms with Crippen molar-refractivity contribution in [1.82, 2.24) is 4.90 Å². The molecule has 7 heteroatoms. The Labute approximate surface area is 284 Å². The van der Waals surface area contributed by atoms with E-state index in [0.717, 1.165) is 55.6 Å². The fraction of sp³-hybridized carbons (Fsp3) is 0.368. The molecule has 3 aliphatic rings. The first-order chi connectivity index (χ1) is 21.4. The van der Waals surface area contributed by atoms with Gasteiger partial charge in [0.25, 0.3) is 0 Å². The van der Waals surface area contributed by atoms with Crippen molar-refractivity contribution in [3.8, 4) is 11.5 Å². The normalized spacial score (nSPS) is 19.4. The van der Waals surface area contributed by atoms with Gasteiger partial charge in [0.1, 0.15) is 6.61 Å². The number of hydrogen-bond donors (Lipinski definition) is 0. The Kier molecular flexibility index (Phi) is 8.68. The highest BCUT2D eigenvalue weighted by Crippen LogP contribution is 2.55. The van der Waals surface area contributed by atoms with Crippen LogP contribution in [0.5, 0.6) is 11.5 Å². The summed E-state index contributed by atoms with van der Waals surface area (Å²) in [6.45, 7) is 9.63. The van der Waals surface area contributed by atoms with Crippen LogP contribution in [0.1, 0.15) is 76.0 Å². The second-order valence-corrected chi connectivity index (χ2v) is 15.7. The average molecular weight is 736 g/mol. The molecule has 1 aliphatic heterocycles. The molecule has 1 heterocycles. The van der Waals surface area contributed by atoms with Crippen molar-refractivity contribution in [3.63, 3.8) is 0 Å². The molecule has 0 saturated carbocycles. The summed E-state index contributed by atoms with van der Waals surface area (Å²) in [5.74, 6) is 0.965. The third-order valence-corrected chi connectivity index (χ3v) is 10.1. The summed E-state index contributed by atoms with van der Waals surface area (Å²) in [5.41, 5.74) is 6.20. The lowest BCUT2D eigenvalue weighted by Gasteiger charge is -2.49. The number of methoxy groups -OCH3 is 1. The average Bonchev–Trinajstić information content (AvgIpc) is 2.96. The van der Waals surface area contributed by atoms with Crippen LogP contribution in [0.2, 0.25) is 5.02 Å². The topological polar surface area (TPSA) is 55.8 Å². The monoisotopic (exact) mass is 735 g/mol. The predicted molar refractivity (Wildman–Crippen MR) is 186 cm³/mol. The molecule has 5 nitrogen and oxygen atoms in total. The first kappa shape index (κ1) is 31.9. The van der Waals surface area contributed by atoms with E-state index in [0.29, 0.717) is 42.5 Å². The van der Waals surface area contributed by atoms with Crippen molar-refractivity contribution in [2.45, 2.75) is 72.4 Å². The number of ketones is 2. The zero-order valence-corrected chi connectivity index (χ0v) is 29.4. The van der Waals surface area contributed by atoms with E-state index in [1.807, 2.05) is 48.5 Å². The number of ether oxygens (including phenoxy) is 2. The molecule has 3 aromatic carbocycles. The van der Waals surface area contributed by atoms with E-state index >= 15 is 0 Å². The standard InChI is InChI=1S/C38H39ClINO4/c1-37(2)17-28-34(30(42)19-37)33(25-15-27(40)36(32(16-25)44-5)45-22-24-12-9-13-26(39)14-24)35-29(18-38(3,4)20-31(35)43)41(28)21-23-10-7-6-8-11-23/h6-16,33H,17-22H2,1-5H3. The van der Waals surface area contributed by atoms with E-state index in [-0.39, 0.29) is 22.4 Å². The number of nitrogens with zero attached hydrogens (tertiary/aromatic N) is 1.